The fourth-order valence-corrected chi connectivity index (χ4v) is 1.40. The first kappa shape index (κ1) is 8.05. The van der Waals surface area contributed by atoms with Gasteiger partial charge in [0.2, 0.25) is 0 Å². The summed E-state index contributed by atoms with van der Waals surface area (Å²) in [6.45, 7) is 0.498. The van der Waals surface area contributed by atoms with Crippen LogP contribution in [0, 0.1) is 5.92 Å². The molecule has 0 unspecified atom stereocenters. The molecule has 2 N–H and O–H groups in total. The number of hydrogen-bond acceptors (Lipinski definition) is 3. The minimum atomic E-state index is -1.58. The highest BCUT2D eigenvalue weighted by Gasteiger charge is 2.17. The Kier molecular flexibility index (Phi) is 3.18. The first-order valence-electron chi connectivity index (χ1n) is 3.77. The largest absolute Gasteiger partial charge is 0.633 e. The molecule has 0 aromatic rings. The Morgan fingerprint density at radius 1 is 1.30 bits per heavy atom. The van der Waals surface area contributed by atoms with E-state index in [0.29, 0.717) is 12.5 Å². The molecule has 0 aromatic heterocycles. The fourth-order valence-electron chi connectivity index (χ4n) is 1.40. The van der Waals surface area contributed by atoms with Crippen LogP contribution in [0.4, 0.5) is 0 Å². The lowest BCUT2D eigenvalue weighted by Gasteiger charge is -2.07. The molecule has 1 rings (SSSR count). The zero-order valence-corrected chi connectivity index (χ0v) is 5.99. The van der Waals surface area contributed by atoms with Gasteiger partial charge in [-0.3, -0.25) is 0 Å². The van der Waals surface area contributed by atoms with Gasteiger partial charge in [-0.2, -0.15) is 0 Å². The Morgan fingerprint density at radius 2 is 1.90 bits per heavy atom. The Morgan fingerprint density at radius 3 is 2.40 bits per heavy atom. The fraction of sp³-hybridized carbons (Fsp3) is 1.00. The average molecular weight is 144 g/mol. The van der Waals surface area contributed by atoms with Gasteiger partial charge in [-0.25, -0.2) is 0 Å². The van der Waals surface area contributed by atoms with Crippen molar-refractivity contribution >= 4 is 7.32 Å². The second-order valence-electron chi connectivity index (χ2n) is 2.81. The van der Waals surface area contributed by atoms with Crippen molar-refractivity contribution in [3.8, 4) is 0 Å². The molecule has 3 nitrogen and oxygen atoms in total. The zero-order chi connectivity index (χ0) is 7.40. The Bertz CT molecular complexity index is 91.0. The van der Waals surface area contributed by atoms with Crippen LogP contribution in [0.1, 0.15) is 25.7 Å². The molecule has 0 aliphatic heterocycles. The van der Waals surface area contributed by atoms with E-state index in [4.69, 9.17) is 10.0 Å². The van der Waals surface area contributed by atoms with Gasteiger partial charge in [0.1, 0.15) is 0 Å². The molecule has 0 radical (unpaired) electrons. The van der Waals surface area contributed by atoms with Crippen LogP contribution in [-0.2, 0) is 4.65 Å². The highest BCUT2D eigenvalue weighted by Crippen LogP contribution is 2.24. The van der Waals surface area contributed by atoms with E-state index >= 15 is 0 Å². The predicted octanol–water partition coefficient (Wildman–Crippen LogP) is 0.163. The van der Waals surface area contributed by atoms with E-state index in [1.54, 1.807) is 0 Å². The third-order valence-electron chi connectivity index (χ3n) is 1.96. The Labute approximate surface area is 61.2 Å². The van der Waals surface area contributed by atoms with E-state index in [9.17, 15) is 0 Å². The summed E-state index contributed by atoms with van der Waals surface area (Å²) in [5, 5.41) is 16.7. The van der Waals surface area contributed by atoms with E-state index in [0.717, 1.165) is 0 Å². The Balaban J connectivity index is 2.01. The molecule has 4 heteroatoms. The van der Waals surface area contributed by atoms with Crippen molar-refractivity contribution in [3.63, 3.8) is 0 Å². The molecule has 0 amide bonds. The van der Waals surface area contributed by atoms with Gasteiger partial charge in [0.05, 0.1) is 0 Å². The third kappa shape index (κ3) is 2.69. The van der Waals surface area contributed by atoms with Gasteiger partial charge in [-0.1, -0.05) is 12.8 Å². The molecular weight excluding hydrogens is 131 g/mol. The lowest BCUT2D eigenvalue weighted by atomic mass is 10.1. The highest BCUT2D eigenvalue weighted by molar-refractivity contribution is 6.32. The van der Waals surface area contributed by atoms with Crippen LogP contribution in [0.25, 0.3) is 0 Å². The predicted molar refractivity (Wildman–Crippen MR) is 38.1 cm³/mol. The first-order chi connectivity index (χ1) is 4.79. The molecule has 1 aliphatic carbocycles. The van der Waals surface area contributed by atoms with Gasteiger partial charge in [0.15, 0.2) is 0 Å². The van der Waals surface area contributed by atoms with Crippen LogP contribution in [0.15, 0.2) is 0 Å². The van der Waals surface area contributed by atoms with E-state index in [1.807, 2.05) is 0 Å². The van der Waals surface area contributed by atoms with Gasteiger partial charge in [-0.05, 0) is 18.8 Å². The Hall–Kier alpha value is -0.0551. The molecule has 0 bridgehead atoms. The lowest BCUT2D eigenvalue weighted by Crippen LogP contribution is -2.20. The van der Waals surface area contributed by atoms with Crippen molar-refractivity contribution in [2.45, 2.75) is 25.7 Å². The third-order valence-corrected chi connectivity index (χ3v) is 1.96. The summed E-state index contributed by atoms with van der Waals surface area (Å²) in [6.07, 6.45) is 4.87. The normalized spacial score (nSPS) is 19.8. The average Bonchev–Trinajstić information content (AvgIpc) is 2.34. The lowest BCUT2D eigenvalue weighted by molar-refractivity contribution is 0.156. The van der Waals surface area contributed by atoms with E-state index in [1.165, 1.54) is 25.7 Å². The van der Waals surface area contributed by atoms with Gasteiger partial charge in [0.25, 0.3) is 0 Å². The minimum Gasteiger partial charge on any atom is -0.402 e. The smallest absolute Gasteiger partial charge is 0.402 e. The molecule has 1 saturated carbocycles. The topological polar surface area (TPSA) is 49.7 Å². The van der Waals surface area contributed by atoms with E-state index in [2.05, 4.69) is 4.65 Å². The quantitative estimate of drug-likeness (QED) is 0.554. The van der Waals surface area contributed by atoms with Crippen molar-refractivity contribution in [1.29, 1.82) is 0 Å². The monoisotopic (exact) mass is 144 g/mol. The minimum absolute atomic E-state index is 0.498. The summed E-state index contributed by atoms with van der Waals surface area (Å²) < 4.78 is 4.64. The first-order valence-corrected chi connectivity index (χ1v) is 3.77. The number of rotatable bonds is 3. The van der Waals surface area contributed by atoms with Crippen LogP contribution in [-0.4, -0.2) is 24.0 Å². The molecular formula is C6H13BO3. The van der Waals surface area contributed by atoms with Crippen molar-refractivity contribution in [1.82, 2.24) is 0 Å². The molecule has 10 heavy (non-hydrogen) atoms. The summed E-state index contributed by atoms with van der Waals surface area (Å²) in [4.78, 5) is 0. The van der Waals surface area contributed by atoms with Crippen molar-refractivity contribution in [3.05, 3.63) is 0 Å². The van der Waals surface area contributed by atoms with Crippen LogP contribution in [0.3, 0.4) is 0 Å². The van der Waals surface area contributed by atoms with E-state index < -0.39 is 7.32 Å². The molecule has 0 atom stereocenters. The van der Waals surface area contributed by atoms with Crippen molar-refractivity contribution in [2.75, 3.05) is 6.61 Å². The molecule has 58 valence electrons. The maximum Gasteiger partial charge on any atom is 0.633 e. The second kappa shape index (κ2) is 3.96. The SMILES string of the molecule is OB(O)OCC1CCCC1. The summed E-state index contributed by atoms with van der Waals surface area (Å²) in [6, 6.07) is 0. The van der Waals surface area contributed by atoms with Crippen molar-refractivity contribution < 1.29 is 14.7 Å². The summed E-state index contributed by atoms with van der Waals surface area (Å²) in [5.74, 6) is 0.557. The van der Waals surface area contributed by atoms with E-state index in [-0.39, 0.29) is 0 Å². The van der Waals surface area contributed by atoms with Gasteiger partial charge in [-0.15, -0.1) is 0 Å². The van der Waals surface area contributed by atoms with Gasteiger partial charge in [0, 0.05) is 6.61 Å². The second-order valence-corrected chi connectivity index (χ2v) is 2.81. The molecule has 0 aromatic carbocycles. The maximum atomic E-state index is 8.35. The molecule has 1 fully saturated rings. The molecule has 0 saturated heterocycles. The maximum absolute atomic E-state index is 8.35. The standard InChI is InChI=1S/C6H13BO3/c8-7(9)10-5-6-3-1-2-4-6/h6,8-9H,1-5H2. The number of hydrogen-bond donors (Lipinski definition) is 2. The summed E-state index contributed by atoms with van der Waals surface area (Å²) >= 11 is 0. The summed E-state index contributed by atoms with van der Waals surface area (Å²) in [7, 11) is -1.58. The molecule has 0 heterocycles. The van der Waals surface area contributed by atoms with Crippen LogP contribution in [0.5, 0.6) is 0 Å². The van der Waals surface area contributed by atoms with Crippen LogP contribution >= 0.6 is 0 Å². The van der Waals surface area contributed by atoms with Gasteiger partial charge >= 0.3 is 7.32 Å². The highest BCUT2D eigenvalue weighted by atomic mass is 16.6. The molecule has 1 aliphatic rings. The zero-order valence-electron chi connectivity index (χ0n) is 5.99. The van der Waals surface area contributed by atoms with Crippen LogP contribution < -0.4 is 0 Å². The molecule has 0 spiro atoms. The summed E-state index contributed by atoms with van der Waals surface area (Å²) in [5.41, 5.74) is 0. The van der Waals surface area contributed by atoms with Crippen molar-refractivity contribution in [2.24, 2.45) is 5.92 Å². The van der Waals surface area contributed by atoms with Gasteiger partial charge < -0.3 is 14.7 Å². The van der Waals surface area contributed by atoms with Crippen LogP contribution in [0.2, 0.25) is 0 Å².